The molecule has 0 amide bonds. The minimum absolute atomic E-state index is 0.745. The molecule has 1 heterocycles. The summed E-state index contributed by atoms with van der Waals surface area (Å²) in [6.45, 7) is 2.04. The first-order valence-corrected chi connectivity index (χ1v) is 3.53. The van der Waals surface area contributed by atoms with Crippen molar-refractivity contribution in [3.8, 4) is 0 Å². The van der Waals surface area contributed by atoms with Crippen LogP contribution in [0.1, 0.15) is 19.0 Å². The fraction of sp³-hybridized carbons (Fsp3) is 0.375. The predicted octanol–water partition coefficient (Wildman–Crippen LogP) is 2.07. The summed E-state index contributed by atoms with van der Waals surface area (Å²) in [5.74, 6) is 0.765. The van der Waals surface area contributed by atoms with Gasteiger partial charge in [0.25, 0.3) is 0 Å². The van der Waals surface area contributed by atoms with Gasteiger partial charge in [-0.1, -0.05) is 12.1 Å². The lowest BCUT2D eigenvalue weighted by Crippen LogP contribution is -1.86. The third-order valence-electron chi connectivity index (χ3n) is 1.30. The molecular weight excluding hydrogens is 142 g/mol. The van der Waals surface area contributed by atoms with Crippen molar-refractivity contribution in [2.24, 2.45) is 0 Å². The molecule has 60 valence electrons. The van der Waals surface area contributed by atoms with Crippen LogP contribution in [0.4, 0.5) is 0 Å². The molecule has 1 aromatic rings. The summed E-state index contributed by atoms with van der Waals surface area (Å²) in [5.41, 5.74) is 0.745. The predicted molar refractivity (Wildman–Crippen MR) is 41.8 cm³/mol. The van der Waals surface area contributed by atoms with Crippen molar-refractivity contribution in [3.63, 3.8) is 0 Å². The molecule has 0 aliphatic heterocycles. The Labute approximate surface area is 65.6 Å². The third-order valence-corrected chi connectivity index (χ3v) is 1.30. The highest BCUT2D eigenvalue weighted by molar-refractivity contribution is 5.54. The van der Waals surface area contributed by atoms with Crippen molar-refractivity contribution < 1.29 is 9.26 Å². The van der Waals surface area contributed by atoms with Crippen molar-refractivity contribution in [1.82, 2.24) is 5.16 Å². The van der Waals surface area contributed by atoms with Crippen molar-refractivity contribution in [2.45, 2.75) is 13.3 Å². The van der Waals surface area contributed by atoms with Crippen LogP contribution in [0.3, 0.4) is 0 Å². The summed E-state index contributed by atoms with van der Waals surface area (Å²) >= 11 is 0. The van der Waals surface area contributed by atoms with E-state index in [-0.39, 0.29) is 0 Å². The highest BCUT2D eigenvalue weighted by Crippen LogP contribution is 2.12. The summed E-state index contributed by atoms with van der Waals surface area (Å²) in [5, 5.41) is 3.74. The lowest BCUT2D eigenvalue weighted by Gasteiger charge is -1.99. The van der Waals surface area contributed by atoms with Crippen molar-refractivity contribution in [2.75, 3.05) is 7.11 Å². The molecule has 0 aromatic carbocycles. The van der Waals surface area contributed by atoms with Crippen LogP contribution in [-0.2, 0) is 4.74 Å². The summed E-state index contributed by atoms with van der Waals surface area (Å²) in [6, 6.07) is 1.77. The SMILES string of the molecule is CC/C=C(\OC)c1ccon1. The van der Waals surface area contributed by atoms with Gasteiger partial charge in [-0.15, -0.1) is 0 Å². The van der Waals surface area contributed by atoms with Crippen LogP contribution in [0.5, 0.6) is 0 Å². The van der Waals surface area contributed by atoms with E-state index in [1.54, 1.807) is 13.2 Å². The second kappa shape index (κ2) is 3.81. The van der Waals surface area contributed by atoms with Crippen LogP contribution in [0.15, 0.2) is 22.9 Å². The molecule has 1 aromatic heterocycles. The van der Waals surface area contributed by atoms with Gasteiger partial charge in [0.1, 0.15) is 17.7 Å². The molecule has 0 N–H and O–H groups in total. The monoisotopic (exact) mass is 153 g/mol. The fourth-order valence-electron chi connectivity index (χ4n) is 0.818. The molecule has 0 unspecified atom stereocenters. The molecule has 1 rings (SSSR count). The van der Waals surface area contributed by atoms with Gasteiger partial charge in [-0.2, -0.15) is 0 Å². The Morgan fingerprint density at radius 2 is 2.64 bits per heavy atom. The van der Waals surface area contributed by atoms with Crippen molar-refractivity contribution >= 4 is 5.76 Å². The van der Waals surface area contributed by atoms with Crippen molar-refractivity contribution in [1.29, 1.82) is 0 Å². The molecule has 0 atom stereocenters. The van der Waals surface area contributed by atoms with Gasteiger partial charge in [-0.05, 0) is 12.5 Å². The summed E-state index contributed by atoms with van der Waals surface area (Å²) in [4.78, 5) is 0. The molecule has 3 heteroatoms. The molecule has 0 saturated carbocycles. The lowest BCUT2D eigenvalue weighted by atomic mass is 10.3. The number of ether oxygens (including phenoxy) is 1. The van der Waals surface area contributed by atoms with E-state index in [4.69, 9.17) is 4.74 Å². The van der Waals surface area contributed by atoms with Crippen molar-refractivity contribution in [3.05, 3.63) is 24.1 Å². The van der Waals surface area contributed by atoms with Gasteiger partial charge in [0.2, 0.25) is 0 Å². The van der Waals surface area contributed by atoms with Crippen LogP contribution < -0.4 is 0 Å². The maximum absolute atomic E-state index is 5.07. The Morgan fingerprint density at radius 3 is 3.09 bits per heavy atom. The number of rotatable bonds is 3. The van der Waals surface area contributed by atoms with E-state index < -0.39 is 0 Å². The standard InChI is InChI=1S/C8H11NO2/c1-3-4-8(10-2)7-5-6-11-9-7/h4-6H,3H2,1-2H3/b8-4-. The minimum atomic E-state index is 0.745. The Bertz CT molecular complexity index is 226. The van der Waals surface area contributed by atoms with E-state index in [0.29, 0.717) is 0 Å². The number of nitrogens with zero attached hydrogens (tertiary/aromatic N) is 1. The topological polar surface area (TPSA) is 35.3 Å². The number of methoxy groups -OCH3 is 1. The second-order valence-electron chi connectivity index (χ2n) is 2.07. The van der Waals surface area contributed by atoms with Crippen LogP contribution in [0.2, 0.25) is 0 Å². The number of allylic oxidation sites excluding steroid dienone is 1. The number of aromatic nitrogens is 1. The highest BCUT2D eigenvalue weighted by Gasteiger charge is 2.02. The molecule has 0 aliphatic rings. The van der Waals surface area contributed by atoms with Gasteiger partial charge in [-0.25, -0.2) is 0 Å². The summed E-state index contributed by atoms with van der Waals surface area (Å²) in [6.07, 6.45) is 4.41. The zero-order valence-corrected chi connectivity index (χ0v) is 6.70. The van der Waals surface area contributed by atoms with Crippen LogP contribution in [0.25, 0.3) is 5.76 Å². The largest absolute Gasteiger partial charge is 0.495 e. The first-order valence-electron chi connectivity index (χ1n) is 3.53. The normalized spacial score (nSPS) is 11.6. The van der Waals surface area contributed by atoms with Gasteiger partial charge in [-0.3, -0.25) is 0 Å². The Morgan fingerprint density at radius 1 is 1.82 bits per heavy atom. The number of hydrogen-bond acceptors (Lipinski definition) is 3. The summed E-state index contributed by atoms with van der Waals surface area (Å²) in [7, 11) is 1.62. The van der Waals surface area contributed by atoms with Gasteiger partial charge < -0.3 is 9.26 Å². The smallest absolute Gasteiger partial charge is 0.148 e. The van der Waals surface area contributed by atoms with Crippen LogP contribution >= 0.6 is 0 Å². The fourth-order valence-corrected chi connectivity index (χ4v) is 0.818. The second-order valence-corrected chi connectivity index (χ2v) is 2.07. The zero-order valence-electron chi connectivity index (χ0n) is 6.70. The van der Waals surface area contributed by atoms with E-state index >= 15 is 0 Å². The Hall–Kier alpha value is -1.25. The average molecular weight is 153 g/mol. The molecule has 0 fully saturated rings. The minimum Gasteiger partial charge on any atom is -0.495 e. The van der Waals surface area contributed by atoms with Crippen LogP contribution in [0, 0.1) is 0 Å². The third kappa shape index (κ3) is 1.83. The molecule has 11 heavy (non-hydrogen) atoms. The van der Waals surface area contributed by atoms with E-state index in [2.05, 4.69) is 9.68 Å². The van der Waals surface area contributed by atoms with Crippen LogP contribution in [-0.4, -0.2) is 12.3 Å². The Kier molecular flexibility index (Phi) is 2.72. The molecule has 0 spiro atoms. The van der Waals surface area contributed by atoms with E-state index in [1.165, 1.54) is 6.26 Å². The Balaban J connectivity index is 2.79. The molecule has 3 nitrogen and oxygen atoms in total. The molecule has 0 saturated heterocycles. The molecule has 0 aliphatic carbocycles. The summed E-state index contributed by atoms with van der Waals surface area (Å²) < 4.78 is 9.75. The highest BCUT2D eigenvalue weighted by atomic mass is 16.5. The van der Waals surface area contributed by atoms with E-state index in [1.807, 2.05) is 13.0 Å². The lowest BCUT2D eigenvalue weighted by molar-refractivity contribution is 0.357. The first kappa shape index (κ1) is 7.85. The van der Waals surface area contributed by atoms with Gasteiger partial charge in [0.05, 0.1) is 7.11 Å². The molecular formula is C8H11NO2. The maximum atomic E-state index is 5.07. The van der Waals surface area contributed by atoms with E-state index in [0.717, 1.165) is 17.9 Å². The zero-order chi connectivity index (χ0) is 8.10. The first-order chi connectivity index (χ1) is 5.38. The molecule has 0 radical (unpaired) electrons. The average Bonchev–Trinajstić information content (AvgIpc) is 2.52. The van der Waals surface area contributed by atoms with Gasteiger partial charge in [0, 0.05) is 6.07 Å². The quantitative estimate of drug-likeness (QED) is 0.623. The van der Waals surface area contributed by atoms with E-state index in [9.17, 15) is 0 Å². The van der Waals surface area contributed by atoms with Gasteiger partial charge >= 0.3 is 0 Å². The molecule has 0 bridgehead atoms. The maximum Gasteiger partial charge on any atom is 0.148 e. The van der Waals surface area contributed by atoms with Gasteiger partial charge in [0.15, 0.2) is 0 Å². The number of hydrogen-bond donors (Lipinski definition) is 0.